The fourth-order valence-corrected chi connectivity index (χ4v) is 9.60. The van der Waals surface area contributed by atoms with Crippen LogP contribution in [0.15, 0.2) is 82.0 Å². The summed E-state index contributed by atoms with van der Waals surface area (Å²) in [5.41, 5.74) is 0.389. The van der Waals surface area contributed by atoms with Crippen molar-refractivity contribution in [1.82, 2.24) is 15.3 Å². The van der Waals surface area contributed by atoms with Crippen LogP contribution < -0.4 is 15.7 Å². The number of aromatic nitrogens is 2. The number of nitrogens with zero attached hydrogens (tertiary/aromatic N) is 2. The summed E-state index contributed by atoms with van der Waals surface area (Å²) >= 11 is 0. The smallest absolute Gasteiger partial charge is 0.273 e. The molecule has 0 aliphatic carbocycles. The van der Waals surface area contributed by atoms with Crippen LogP contribution in [0, 0.1) is 5.92 Å². The number of aliphatic hydroxyl groups excluding tert-OH is 1. The third-order valence-electron chi connectivity index (χ3n) is 7.11. The lowest BCUT2D eigenvalue weighted by molar-refractivity contribution is -0.0453. The van der Waals surface area contributed by atoms with Crippen LogP contribution in [0.4, 0.5) is 0 Å². The van der Waals surface area contributed by atoms with Crippen LogP contribution in [0.2, 0.25) is 5.04 Å². The zero-order valence-corrected chi connectivity index (χ0v) is 25.7. The number of methoxy groups -OCH3 is 1. The molecule has 0 bridgehead atoms. The van der Waals surface area contributed by atoms with Crippen molar-refractivity contribution in [3.63, 3.8) is 0 Å². The first kappa shape index (κ1) is 31.3. The molecule has 10 nitrogen and oxygen atoms in total. The van der Waals surface area contributed by atoms with Gasteiger partial charge in [-0.1, -0.05) is 88.4 Å². The first-order chi connectivity index (χ1) is 20.2. The van der Waals surface area contributed by atoms with E-state index in [1.54, 1.807) is 0 Å². The number of nitrogens with one attached hydrogen (secondary N) is 1. The molecule has 0 fully saturated rings. The van der Waals surface area contributed by atoms with Gasteiger partial charge < -0.3 is 33.2 Å². The summed E-state index contributed by atoms with van der Waals surface area (Å²) in [6.07, 6.45) is 2.62. The summed E-state index contributed by atoms with van der Waals surface area (Å²) in [7, 11) is -1.25. The molecule has 1 amide bonds. The number of ether oxygens (including phenoxy) is 2. The summed E-state index contributed by atoms with van der Waals surface area (Å²) in [5, 5.41) is 15.3. The van der Waals surface area contributed by atoms with Crippen LogP contribution in [0.5, 0.6) is 0 Å². The number of carbonyl (C=O) groups is 1. The molecule has 4 aromatic rings. The number of oxazole rings is 2. The van der Waals surface area contributed by atoms with E-state index in [4.69, 9.17) is 22.7 Å². The summed E-state index contributed by atoms with van der Waals surface area (Å²) in [6, 6.07) is 20.1. The number of benzene rings is 2. The Hall–Kier alpha value is -3.61. The third kappa shape index (κ3) is 7.05. The maximum Gasteiger partial charge on any atom is 0.273 e. The molecular weight excluding hydrogens is 554 g/mol. The van der Waals surface area contributed by atoms with Gasteiger partial charge in [-0.3, -0.25) is 4.79 Å². The first-order valence-corrected chi connectivity index (χ1v) is 15.7. The molecule has 2 aromatic carbocycles. The Balaban J connectivity index is 1.47. The average molecular weight is 594 g/mol. The van der Waals surface area contributed by atoms with Crippen LogP contribution in [-0.4, -0.2) is 62.5 Å². The van der Waals surface area contributed by atoms with Gasteiger partial charge in [0.1, 0.15) is 25.9 Å². The Morgan fingerprint density at radius 1 is 1.00 bits per heavy atom. The summed E-state index contributed by atoms with van der Waals surface area (Å²) < 4.78 is 27.9. The minimum absolute atomic E-state index is 0.0590. The highest BCUT2D eigenvalue weighted by Crippen LogP contribution is 2.37. The first-order valence-electron chi connectivity index (χ1n) is 13.8. The van der Waals surface area contributed by atoms with E-state index in [0.29, 0.717) is 18.2 Å². The van der Waals surface area contributed by atoms with E-state index in [2.05, 4.69) is 60.3 Å². The van der Waals surface area contributed by atoms with Crippen LogP contribution in [-0.2, 0) is 20.5 Å². The molecule has 0 aliphatic heterocycles. The normalized spacial score (nSPS) is 13.6. The molecule has 2 N–H and O–H groups in total. The average Bonchev–Trinajstić information content (AvgIpc) is 3.67. The van der Waals surface area contributed by atoms with Crippen LogP contribution >= 0.6 is 0 Å². The summed E-state index contributed by atoms with van der Waals surface area (Å²) in [4.78, 5) is 21.6. The number of amides is 1. The Kier molecular flexibility index (Phi) is 10.5. The van der Waals surface area contributed by atoms with Crippen LogP contribution in [0.1, 0.15) is 44.1 Å². The molecule has 4 rings (SSSR count). The van der Waals surface area contributed by atoms with Crippen molar-refractivity contribution in [2.24, 2.45) is 5.92 Å². The highest BCUT2D eigenvalue weighted by molar-refractivity contribution is 6.99. The topological polar surface area (TPSA) is 129 Å². The third-order valence-corrected chi connectivity index (χ3v) is 12.1. The molecule has 0 unspecified atom stereocenters. The van der Waals surface area contributed by atoms with E-state index in [1.807, 2.05) is 43.3 Å². The molecule has 11 heteroatoms. The van der Waals surface area contributed by atoms with E-state index in [0.717, 1.165) is 10.4 Å². The number of hydrogen-bond acceptors (Lipinski definition) is 9. The molecule has 0 radical (unpaired) electrons. The van der Waals surface area contributed by atoms with Gasteiger partial charge in [0.15, 0.2) is 11.4 Å². The number of rotatable bonds is 14. The molecule has 42 heavy (non-hydrogen) atoms. The van der Waals surface area contributed by atoms with Crippen molar-refractivity contribution in [1.29, 1.82) is 0 Å². The van der Waals surface area contributed by atoms with Crippen molar-refractivity contribution in [3.05, 3.63) is 84.8 Å². The Labute approximate surface area is 247 Å². The number of carbonyl (C=O) groups excluding carboxylic acids is 1. The van der Waals surface area contributed by atoms with Gasteiger partial charge >= 0.3 is 0 Å². The summed E-state index contributed by atoms with van der Waals surface area (Å²) in [5.74, 6) is -0.238. The molecule has 2 heterocycles. The molecule has 0 saturated heterocycles. The molecule has 224 valence electrons. The predicted molar refractivity (Wildman–Crippen MR) is 160 cm³/mol. The Morgan fingerprint density at radius 2 is 1.64 bits per heavy atom. The van der Waals surface area contributed by atoms with Crippen molar-refractivity contribution in [3.8, 4) is 11.6 Å². The van der Waals surface area contributed by atoms with Gasteiger partial charge in [0.2, 0.25) is 11.8 Å². The second-order valence-electron chi connectivity index (χ2n) is 11.1. The molecule has 0 aliphatic rings. The highest BCUT2D eigenvalue weighted by Gasteiger charge is 2.50. The summed E-state index contributed by atoms with van der Waals surface area (Å²) in [6.45, 7) is 8.87. The predicted octanol–water partition coefficient (Wildman–Crippen LogP) is 3.75. The monoisotopic (exact) mass is 593 g/mol. The fraction of sp³-hybridized carbons (Fsp3) is 0.387. The lowest BCUT2D eigenvalue weighted by atomic mass is 10.0. The van der Waals surface area contributed by atoms with Gasteiger partial charge in [-0.25, -0.2) is 9.97 Å². The quantitative estimate of drug-likeness (QED) is 0.128. The van der Waals surface area contributed by atoms with Crippen molar-refractivity contribution < 1.29 is 32.6 Å². The number of hydrogen-bond donors (Lipinski definition) is 2. The zero-order chi connectivity index (χ0) is 30.2. The lowest BCUT2D eigenvalue weighted by Crippen LogP contribution is -2.67. The molecule has 2 atom stereocenters. The molecule has 2 aromatic heterocycles. The van der Waals surface area contributed by atoms with Gasteiger partial charge in [0, 0.05) is 19.6 Å². The molecule has 0 spiro atoms. The second kappa shape index (κ2) is 14.0. The standard InChI is InChI=1S/C31H39N3O7Si/c1-22(17-41-42(31(2,3)4,23-12-8-6-9-13-23)24-14-10-7-11-15-24)25(16-35)33-29(36)26-18-40-30(34-26)27-19-39-28(32-27)20-38-21-37-5/h6-15,18-19,22,25,35H,16-17,20-21H2,1-5H3,(H,33,36)/t22-,25-/m0/s1. The SMILES string of the molecule is COCOCc1nc(-c2nc(C(=O)N[C@@H](CO)[C@@H](C)CO[Si](c3ccccc3)(c3ccccc3)C(C)(C)C)co2)co1. The van der Waals surface area contributed by atoms with Crippen molar-refractivity contribution in [2.45, 2.75) is 45.4 Å². The fourth-order valence-electron chi connectivity index (χ4n) is 4.93. The van der Waals surface area contributed by atoms with E-state index in [-0.39, 0.29) is 42.5 Å². The minimum atomic E-state index is -2.77. The second-order valence-corrected chi connectivity index (χ2v) is 15.4. The Bertz CT molecular complexity index is 1360. The minimum Gasteiger partial charge on any atom is -0.446 e. The molecule has 0 saturated carbocycles. The van der Waals surface area contributed by atoms with Crippen LogP contribution in [0.3, 0.4) is 0 Å². The van der Waals surface area contributed by atoms with Gasteiger partial charge in [0.25, 0.3) is 14.2 Å². The van der Waals surface area contributed by atoms with E-state index in [1.165, 1.54) is 19.6 Å². The van der Waals surface area contributed by atoms with Crippen molar-refractivity contribution in [2.75, 3.05) is 27.1 Å². The lowest BCUT2D eigenvalue weighted by Gasteiger charge is -2.44. The van der Waals surface area contributed by atoms with Crippen LogP contribution in [0.25, 0.3) is 11.6 Å². The maximum atomic E-state index is 13.1. The van der Waals surface area contributed by atoms with E-state index in [9.17, 15) is 9.90 Å². The Morgan fingerprint density at radius 3 is 2.21 bits per heavy atom. The maximum absolute atomic E-state index is 13.1. The van der Waals surface area contributed by atoms with Gasteiger partial charge in [-0.2, -0.15) is 0 Å². The van der Waals surface area contributed by atoms with E-state index >= 15 is 0 Å². The molecular formula is C31H39N3O7Si. The van der Waals surface area contributed by atoms with Crippen molar-refractivity contribution >= 4 is 24.6 Å². The largest absolute Gasteiger partial charge is 0.446 e. The van der Waals surface area contributed by atoms with Gasteiger partial charge in [-0.15, -0.1) is 0 Å². The van der Waals surface area contributed by atoms with E-state index < -0.39 is 20.3 Å². The zero-order valence-electron chi connectivity index (χ0n) is 24.7. The number of aliphatic hydroxyl groups is 1. The van der Waals surface area contributed by atoms with Gasteiger partial charge in [-0.05, 0) is 15.4 Å². The highest BCUT2D eigenvalue weighted by atomic mass is 28.4. The van der Waals surface area contributed by atoms with Gasteiger partial charge in [0.05, 0.1) is 12.6 Å².